The van der Waals surface area contributed by atoms with Gasteiger partial charge in [0.05, 0.1) is 27.1 Å². The molecule has 0 fully saturated rings. The number of thioether (sulfide) groups is 1. The van der Waals surface area contributed by atoms with Gasteiger partial charge in [-0.2, -0.15) is 22.8 Å². The van der Waals surface area contributed by atoms with Gasteiger partial charge in [0.1, 0.15) is 5.03 Å². The quantitative estimate of drug-likeness (QED) is 0.557. The van der Waals surface area contributed by atoms with Gasteiger partial charge in [0.15, 0.2) is 17.1 Å². The molecule has 0 atom stereocenters. The molecular formula is C17H16F3N5O4S. The minimum atomic E-state index is -4.69. The van der Waals surface area contributed by atoms with Crippen molar-refractivity contribution in [2.75, 3.05) is 32.4 Å². The lowest BCUT2D eigenvalue weighted by Crippen LogP contribution is -2.15. The molecule has 1 amide bonds. The topological polar surface area (TPSA) is 99.9 Å². The molecule has 0 aliphatic carbocycles. The minimum absolute atomic E-state index is 0.0476. The predicted octanol–water partition coefficient (Wildman–Crippen LogP) is 2.90. The summed E-state index contributed by atoms with van der Waals surface area (Å²) >= 11 is 0.959. The Hall–Kier alpha value is -3.22. The standard InChI is InChI=1S/C17H16F3N5O4S/c1-27-10-6-9(7-11(28-2)15(10)29-3)21-13(26)8-30-14-5-4-12-22-23-16(17(18,19)20)25(12)24-14/h4-7H,8H2,1-3H3,(H,21,26). The Bertz CT molecular complexity index is 1050. The highest BCUT2D eigenvalue weighted by Gasteiger charge is 2.37. The maximum atomic E-state index is 13.0. The maximum absolute atomic E-state index is 13.0. The predicted molar refractivity (Wildman–Crippen MR) is 101 cm³/mol. The number of methoxy groups -OCH3 is 3. The van der Waals surface area contributed by atoms with Crippen molar-refractivity contribution in [3.63, 3.8) is 0 Å². The molecule has 2 heterocycles. The first kappa shape index (κ1) is 21.5. The largest absolute Gasteiger partial charge is 0.493 e. The van der Waals surface area contributed by atoms with Crippen molar-refractivity contribution in [2.45, 2.75) is 11.2 Å². The van der Waals surface area contributed by atoms with Crippen molar-refractivity contribution in [2.24, 2.45) is 0 Å². The van der Waals surface area contributed by atoms with E-state index in [0.717, 1.165) is 11.8 Å². The molecule has 13 heteroatoms. The Labute approximate surface area is 172 Å². The van der Waals surface area contributed by atoms with Crippen LogP contribution in [-0.2, 0) is 11.0 Å². The Kier molecular flexibility index (Phi) is 6.20. The number of hydrogen-bond donors (Lipinski definition) is 1. The number of carbonyl (C=O) groups is 1. The van der Waals surface area contributed by atoms with Gasteiger partial charge in [0, 0.05) is 17.8 Å². The van der Waals surface area contributed by atoms with Crippen molar-refractivity contribution < 1.29 is 32.2 Å². The van der Waals surface area contributed by atoms with E-state index < -0.39 is 17.9 Å². The van der Waals surface area contributed by atoms with E-state index in [0.29, 0.717) is 27.5 Å². The lowest BCUT2D eigenvalue weighted by molar-refractivity contribution is -0.146. The van der Waals surface area contributed by atoms with Crippen LogP contribution in [0, 0.1) is 0 Å². The molecule has 0 aliphatic heterocycles. The molecule has 1 N–H and O–H groups in total. The molecule has 2 aromatic heterocycles. The molecule has 3 rings (SSSR count). The summed E-state index contributed by atoms with van der Waals surface area (Å²) in [5, 5.41) is 13.3. The Morgan fingerprint density at radius 2 is 1.77 bits per heavy atom. The van der Waals surface area contributed by atoms with Gasteiger partial charge in [0.25, 0.3) is 5.82 Å². The third kappa shape index (κ3) is 4.50. The van der Waals surface area contributed by atoms with Crippen LogP contribution in [0.2, 0.25) is 0 Å². The molecule has 9 nitrogen and oxygen atoms in total. The first-order valence-electron chi connectivity index (χ1n) is 8.29. The van der Waals surface area contributed by atoms with Crippen LogP contribution in [0.25, 0.3) is 5.65 Å². The molecule has 0 spiro atoms. The fourth-order valence-corrected chi connectivity index (χ4v) is 3.17. The molecule has 0 saturated heterocycles. The lowest BCUT2D eigenvalue weighted by Gasteiger charge is -2.14. The van der Waals surface area contributed by atoms with Gasteiger partial charge in [-0.1, -0.05) is 11.8 Å². The van der Waals surface area contributed by atoms with Gasteiger partial charge in [-0.15, -0.1) is 10.2 Å². The molecule has 30 heavy (non-hydrogen) atoms. The summed E-state index contributed by atoms with van der Waals surface area (Å²) in [6.45, 7) is 0. The van der Waals surface area contributed by atoms with Crippen molar-refractivity contribution in [3.05, 3.63) is 30.1 Å². The fraction of sp³-hybridized carbons (Fsp3) is 0.294. The highest BCUT2D eigenvalue weighted by atomic mass is 32.2. The number of hydrogen-bond acceptors (Lipinski definition) is 8. The molecule has 0 saturated carbocycles. The van der Waals surface area contributed by atoms with Crippen LogP contribution in [0.1, 0.15) is 5.82 Å². The monoisotopic (exact) mass is 443 g/mol. The summed E-state index contributed by atoms with van der Waals surface area (Å²) in [4.78, 5) is 12.3. The number of amides is 1. The highest BCUT2D eigenvalue weighted by molar-refractivity contribution is 7.99. The third-order valence-corrected chi connectivity index (χ3v) is 4.71. The van der Waals surface area contributed by atoms with E-state index in [9.17, 15) is 18.0 Å². The summed E-state index contributed by atoms with van der Waals surface area (Å²) in [7, 11) is 4.35. The second-order valence-electron chi connectivity index (χ2n) is 5.71. The summed E-state index contributed by atoms with van der Waals surface area (Å²) < 4.78 is 55.1. The van der Waals surface area contributed by atoms with Crippen molar-refractivity contribution in [3.8, 4) is 17.2 Å². The van der Waals surface area contributed by atoms with Crippen LogP contribution in [0.4, 0.5) is 18.9 Å². The fourth-order valence-electron chi connectivity index (χ4n) is 2.52. The normalized spacial score (nSPS) is 11.4. The van der Waals surface area contributed by atoms with E-state index in [4.69, 9.17) is 14.2 Å². The van der Waals surface area contributed by atoms with Crippen molar-refractivity contribution >= 4 is 29.0 Å². The summed E-state index contributed by atoms with van der Waals surface area (Å²) in [6, 6.07) is 5.91. The van der Waals surface area contributed by atoms with Crippen molar-refractivity contribution in [1.29, 1.82) is 0 Å². The third-order valence-electron chi connectivity index (χ3n) is 3.79. The number of halogens is 3. The van der Waals surface area contributed by atoms with Gasteiger partial charge in [-0.3, -0.25) is 4.79 Å². The van der Waals surface area contributed by atoms with E-state index in [1.807, 2.05) is 0 Å². The number of rotatable bonds is 7. The van der Waals surface area contributed by atoms with Crippen LogP contribution < -0.4 is 19.5 Å². The number of aromatic nitrogens is 4. The number of ether oxygens (including phenoxy) is 3. The van der Waals surface area contributed by atoms with Crippen LogP contribution in [-0.4, -0.2) is 52.8 Å². The van der Waals surface area contributed by atoms with E-state index >= 15 is 0 Å². The Morgan fingerprint density at radius 3 is 2.33 bits per heavy atom. The van der Waals surface area contributed by atoms with Crippen molar-refractivity contribution in [1.82, 2.24) is 19.8 Å². The molecule has 0 unspecified atom stereocenters. The zero-order chi connectivity index (χ0) is 21.9. The van der Waals surface area contributed by atoms with Crippen LogP contribution in [0.3, 0.4) is 0 Å². The minimum Gasteiger partial charge on any atom is -0.493 e. The van der Waals surface area contributed by atoms with E-state index in [1.165, 1.54) is 33.5 Å². The van der Waals surface area contributed by atoms with Crippen LogP contribution in [0.15, 0.2) is 29.3 Å². The molecule has 0 bridgehead atoms. The lowest BCUT2D eigenvalue weighted by atomic mass is 10.2. The molecule has 3 aromatic rings. The number of nitrogens with one attached hydrogen (secondary N) is 1. The number of fused-ring (bicyclic) bond motifs is 1. The van der Waals surface area contributed by atoms with Crippen LogP contribution >= 0.6 is 11.8 Å². The second kappa shape index (κ2) is 8.65. The summed E-state index contributed by atoms with van der Waals surface area (Å²) in [5.74, 6) is -0.644. The van der Waals surface area contributed by atoms with Crippen LogP contribution in [0.5, 0.6) is 17.2 Å². The Morgan fingerprint density at radius 1 is 1.10 bits per heavy atom. The molecule has 0 aliphatic rings. The zero-order valence-electron chi connectivity index (χ0n) is 16.0. The molecule has 0 radical (unpaired) electrons. The van der Waals surface area contributed by atoms with Gasteiger partial charge in [-0.25, -0.2) is 0 Å². The number of nitrogens with zero attached hydrogens (tertiary/aromatic N) is 4. The van der Waals surface area contributed by atoms with E-state index in [-0.39, 0.29) is 16.4 Å². The molecule has 160 valence electrons. The van der Waals surface area contributed by atoms with E-state index in [2.05, 4.69) is 20.6 Å². The average molecular weight is 443 g/mol. The molecular weight excluding hydrogens is 427 g/mol. The van der Waals surface area contributed by atoms with E-state index in [1.54, 1.807) is 12.1 Å². The van der Waals surface area contributed by atoms with Gasteiger partial charge >= 0.3 is 6.18 Å². The first-order valence-corrected chi connectivity index (χ1v) is 9.27. The van der Waals surface area contributed by atoms with Gasteiger partial charge in [-0.05, 0) is 12.1 Å². The molecule has 1 aromatic carbocycles. The zero-order valence-corrected chi connectivity index (χ0v) is 16.8. The first-order chi connectivity index (χ1) is 14.3. The Balaban J connectivity index is 1.72. The number of benzene rings is 1. The number of anilines is 1. The van der Waals surface area contributed by atoms with Gasteiger partial charge in [0.2, 0.25) is 11.7 Å². The van der Waals surface area contributed by atoms with Gasteiger partial charge < -0.3 is 19.5 Å². The SMILES string of the molecule is COc1cc(NC(=O)CSc2ccc3nnc(C(F)(F)F)n3n2)cc(OC)c1OC. The smallest absolute Gasteiger partial charge is 0.453 e. The summed E-state index contributed by atoms with van der Waals surface area (Å²) in [6.07, 6.45) is -4.69. The average Bonchev–Trinajstić information content (AvgIpc) is 3.15. The summed E-state index contributed by atoms with van der Waals surface area (Å²) in [5.41, 5.74) is 0.352. The maximum Gasteiger partial charge on any atom is 0.453 e. The number of alkyl halides is 3. The second-order valence-corrected chi connectivity index (χ2v) is 6.71. The highest BCUT2D eigenvalue weighted by Crippen LogP contribution is 2.40. The number of carbonyl (C=O) groups excluding carboxylic acids is 1.